The number of nitrogens with zero attached hydrogens (tertiary/aromatic N) is 4. The van der Waals surface area contributed by atoms with Crippen LogP contribution in [0, 0.1) is 21.9 Å². The molecule has 0 spiro atoms. The molecule has 6 heteroatoms. The van der Waals surface area contributed by atoms with Crippen LogP contribution in [0.4, 0.5) is 11.5 Å². The molecule has 6 rings (SSSR count). The van der Waals surface area contributed by atoms with Gasteiger partial charge >= 0.3 is 221 Å². The molecule has 226 valence electrons. The Labute approximate surface area is 270 Å². The van der Waals surface area contributed by atoms with Crippen molar-refractivity contribution < 1.29 is 28.2 Å². The van der Waals surface area contributed by atoms with Crippen LogP contribution in [0.1, 0.15) is 69.3 Å². The molecule has 0 saturated heterocycles. The van der Waals surface area contributed by atoms with Crippen LogP contribution in [0.5, 0.6) is 11.5 Å². The number of aryl methyl sites for hydroxylation is 1. The average Bonchev–Trinajstić information content (AvgIpc) is 3.28. The molecule has 0 saturated carbocycles. The second-order valence-corrected chi connectivity index (χ2v) is 14.7. The fraction of sp³-hybridized carbons (Fsp3) is 0.351. The van der Waals surface area contributed by atoms with Crippen molar-refractivity contribution in [1.82, 2.24) is 14.1 Å². The number of benzene rings is 3. The molecule has 2 aromatic heterocycles. The topological polar surface area (TPSA) is 35.2 Å². The van der Waals surface area contributed by atoms with E-state index in [1.807, 2.05) is 47.2 Å². The Bertz CT molecular complexity index is 2000. The number of ether oxygens (including phenoxy) is 1. The first kappa shape index (κ1) is 26.0. The monoisotopic (exact) mass is 754 g/mol. The molecule has 0 radical (unpaired) electrons. The van der Waals surface area contributed by atoms with Gasteiger partial charge in [0.1, 0.15) is 0 Å². The van der Waals surface area contributed by atoms with E-state index in [-0.39, 0.29) is 10.8 Å². The standard InChI is InChI=1S/C37H40N4O.Pt/c1-25-17-26-13-14-30(22-34(26)40(23-25)35-20-27(15-16-38-35)36(2,3)4)42-31-19-28(37(5,6)7)18-29(21-31)41-24-39(8)32-11-9-10-12-33(32)41;/h9-16,18-20,25H,17,23H2,1-8H3;/q-2;/i8D3;. The Morgan fingerprint density at radius 1 is 0.907 bits per heavy atom. The number of fused-ring (bicyclic) bond motifs is 2. The summed E-state index contributed by atoms with van der Waals surface area (Å²) in [5.41, 5.74) is 6.40. The van der Waals surface area contributed by atoms with E-state index in [0.717, 1.165) is 35.6 Å². The van der Waals surface area contributed by atoms with Gasteiger partial charge in [0, 0.05) is 6.20 Å². The van der Waals surface area contributed by atoms with E-state index in [4.69, 9.17) is 13.8 Å². The molecule has 0 fully saturated rings. The number of anilines is 2. The van der Waals surface area contributed by atoms with Gasteiger partial charge in [0.05, 0.1) is 0 Å². The van der Waals surface area contributed by atoms with Gasteiger partial charge in [-0.05, 0) is 17.0 Å². The van der Waals surface area contributed by atoms with Crippen LogP contribution in [-0.2, 0) is 43.6 Å². The SMILES string of the molecule is [2H]C([2H])([2H])n1[c](=[Pt])n(-c2[c-]c(Oc3[c-]c4c(cc3)CC(C)CN4c3cc(C(C)(C)C)ccn3)cc(C(C)(C)C)c2)c2ccccc21. The first-order valence-electron chi connectivity index (χ1n) is 16.2. The van der Waals surface area contributed by atoms with Gasteiger partial charge in [-0.2, -0.15) is 0 Å². The van der Waals surface area contributed by atoms with Crippen LogP contribution < -0.4 is 9.64 Å². The van der Waals surface area contributed by atoms with Crippen molar-refractivity contribution in [1.29, 1.82) is 0 Å². The zero-order chi connectivity index (χ0) is 33.2. The summed E-state index contributed by atoms with van der Waals surface area (Å²) in [5.74, 6) is 2.50. The van der Waals surface area contributed by atoms with Crippen molar-refractivity contribution in [3.8, 4) is 17.2 Å². The molecular weight excluding hydrogens is 712 g/mol. The molecule has 3 aromatic carbocycles. The normalized spacial score (nSPS) is 16.9. The molecule has 0 bridgehead atoms. The first-order valence-corrected chi connectivity index (χ1v) is 15.9. The van der Waals surface area contributed by atoms with Crippen LogP contribution in [0.15, 0.2) is 66.9 Å². The van der Waals surface area contributed by atoms with Gasteiger partial charge in [0.2, 0.25) is 0 Å². The van der Waals surface area contributed by atoms with Crippen molar-refractivity contribution in [3.05, 3.63) is 99.5 Å². The van der Waals surface area contributed by atoms with Crippen molar-refractivity contribution >= 4 is 22.5 Å². The molecule has 0 aliphatic carbocycles. The third-order valence-corrected chi connectivity index (χ3v) is 9.08. The molecule has 5 aromatic rings. The fourth-order valence-corrected chi connectivity index (χ4v) is 6.47. The van der Waals surface area contributed by atoms with Crippen LogP contribution in [-0.4, -0.2) is 20.7 Å². The van der Waals surface area contributed by atoms with E-state index in [2.05, 4.69) is 109 Å². The van der Waals surface area contributed by atoms with Crippen molar-refractivity contribution in [2.75, 3.05) is 11.4 Å². The maximum absolute atomic E-state index is 8.24. The first-order chi connectivity index (χ1) is 21.5. The minimum atomic E-state index is -2.34. The van der Waals surface area contributed by atoms with Gasteiger partial charge in [-0.1, -0.05) is 27.7 Å². The second kappa shape index (κ2) is 10.9. The zero-order valence-corrected chi connectivity index (χ0v) is 28.1. The number of rotatable bonds is 4. The summed E-state index contributed by atoms with van der Waals surface area (Å²) in [7, 11) is 0. The summed E-state index contributed by atoms with van der Waals surface area (Å²) < 4.78 is 35.2. The number of imidazole rings is 1. The van der Waals surface area contributed by atoms with Gasteiger partial charge in [0.25, 0.3) is 0 Å². The third-order valence-electron chi connectivity index (χ3n) is 8.06. The average molecular weight is 755 g/mol. The summed E-state index contributed by atoms with van der Waals surface area (Å²) in [6.07, 6.45) is 2.85. The zero-order valence-electron chi connectivity index (χ0n) is 28.9. The minimum absolute atomic E-state index is 0.00781. The van der Waals surface area contributed by atoms with Crippen LogP contribution in [0.2, 0.25) is 0 Å². The van der Waals surface area contributed by atoms with E-state index < -0.39 is 6.98 Å². The number of pyridine rings is 1. The number of para-hydroxylation sites is 2. The maximum atomic E-state index is 8.24. The van der Waals surface area contributed by atoms with Gasteiger partial charge in [-0.3, -0.25) is 0 Å². The van der Waals surface area contributed by atoms with E-state index in [1.54, 1.807) is 0 Å². The number of hydrogen-bond donors (Lipinski definition) is 0. The predicted octanol–water partition coefficient (Wildman–Crippen LogP) is 8.76. The second-order valence-electron chi connectivity index (χ2n) is 13.6. The van der Waals surface area contributed by atoms with E-state index in [0.29, 0.717) is 32.4 Å². The third kappa shape index (κ3) is 5.77. The van der Waals surface area contributed by atoms with E-state index >= 15 is 0 Å². The van der Waals surface area contributed by atoms with Crippen LogP contribution in [0.25, 0.3) is 16.7 Å². The molecule has 1 atom stereocenters. The molecule has 3 heterocycles. The van der Waals surface area contributed by atoms with Gasteiger partial charge in [-0.25, -0.2) is 0 Å². The number of aromatic nitrogens is 3. The molecule has 43 heavy (non-hydrogen) atoms. The summed E-state index contributed by atoms with van der Waals surface area (Å²) in [4.78, 5) is 7.03. The predicted molar refractivity (Wildman–Crippen MR) is 171 cm³/mol. The van der Waals surface area contributed by atoms with Crippen molar-refractivity contribution in [2.45, 2.75) is 65.7 Å². The molecule has 5 nitrogen and oxygen atoms in total. The van der Waals surface area contributed by atoms with Gasteiger partial charge in [-0.15, -0.1) is 0 Å². The molecule has 1 unspecified atom stereocenters. The fourth-order valence-electron chi connectivity index (χ4n) is 5.65. The summed E-state index contributed by atoms with van der Waals surface area (Å²) in [6, 6.07) is 27.1. The summed E-state index contributed by atoms with van der Waals surface area (Å²) in [6.45, 7) is 13.9. The Morgan fingerprint density at radius 3 is 2.37 bits per heavy atom. The van der Waals surface area contributed by atoms with Crippen molar-refractivity contribution in [2.24, 2.45) is 12.9 Å². The molecular formula is C37H40N4OPt-2. The van der Waals surface area contributed by atoms with E-state index in [9.17, 15) is 0 Å². The Hall–Kier alpha value is -3.43. The molecule has 1 aliphatic heterocycles. The molecule has 0 amide bonds. The summed E-state index contributed by atoms with van der Waals surface area (Å²) in [5, 5.41) is 0. The number of hydrogen-bond acceptors (Lipinski definition) is 3. The Morgan fingerprint density at radius 2 is 1.65 bits per heavy atom. The van der Waals surface area contributed by atoms with Crippen LogP contribution in [0.3, 0.4) is 0 Å². The molecule has 1 aliphatic rings. The van der Waals surface area contributed by atoms with Crippen molar-refractivity contribution in [3.63, 3.8) is 0 Å². The molecule has 0 N–H and O–H groups in total. The van der Waals surface area contributed by atoms with Crippen LogP contribution >= 0.6 is 0 Å². The van der Waals surface area contributed by atoms with Gasteiger partial charge in [0.15, 0.2) is 0 Å². The quantitative estimate of drug-likeness (QED) is 0.172. The Balaban J connectivity index is 1.45. The van der Waals surface area contributed by atoms with Gasteiger partial charge < -0.3 is 0 Å². The summed E-state index contributed by atoms with van der Waals surface area (Å²) >= 11 is 2.10. The van der Waals surface area contributed by atoms with E-state index in [1.165, 1.54) is 15.7 Å². The Kier molecular flexibility index (Phi) is 6.61.